The largest absolute Gasteiger partial charge is 0.325 e. The minimum Gasteiger partial charge on any atom is -0.325 e. The first kappa shape index (κ1) is 18.7. The quantitative estimate of drug-likeness (QED) is 0.734. The maximum absolute atomic E-state index is 12.2. The van der Waals surface area contributed by atoms with Crippen LogP contribution in [0.25, 0.3) is 6.08 Å². The van der Waals surface area contributed by atoms with Crippen LogP contribution in [-0.4, -0.2) is 11.8 Å². The molecule has 25 heavy (non-hydrogen) atoms. The summed E-state index contributed by atoms with van der Waals surface area (Å²) in [4.78, 5) is 23.4. The zero-order valence-electron chi connectivity index (χ0n) is 14.5. The first-order valence-corrected chi connectivity index (χ1v) is 8.39. The monoisotopic (exact) mass is 356 g/mol. The van der Waals surface area contributed by atoms with Gasteiger partial charge in [-0.3, -0.25) is 9.59 Å². The van der Waals surface area contributed by atoms with Gasteiger partial charge in [-0.2, -0.15) is 0 Å². The van der Waals surface area contributed by atoms with Crippen molar-refractivity contribution in [2.45, 2.75) is 26.7 Å². The average molecular weight is 357 g/mol. The number of hydrogen-bond acceptors (Lipinski definition) is 2. The second-order valence-electron chi connectivity index (χ2n) is 6.02. The van der Waals surface area contributed by atoms with E-state index in [1.165, 1.54) is 18.6 Å². The van der Waals surface area contributed by atoms with Crippen LogP contribution in [0, 0.1) is 0 Å². The van der Waals surface area contributed by atoms with E-state index in [-0.39, 0.29) is 11.8 Å². The molecule has 4 nitrogen and oxygen atoms in total. The molecule has 2 amide bonds. The van der Waals surface area contributed by atoms with Gasteiger partial charge in [-0.15, -0.1) is 0 Å². The summed E-state index contributed by atoms with van der Waals surface area (Å²) >= 11 is 5.97. The predicted molar refractivity (Wildman–Crippen MR) is 104 cm³/mol. The van der Waals surface area contributed by atoms with Crippen molar-refractivity contribution in [1.29, 1.82) is 0 Å². The number of rotatable bonds is 5. The molecule has 2 aromatic rings. The maximum atomic E-state index is 12.2. The molecule has 5 heteroatoms. The Morgan fingerprint density at radius 3 is 2.28 bits per heavy atom. The standard InChI is InChI=1S/C20H21ClN2O2/c1-13(2)16-7-4-15(5-8-16)6-11-20(25)23-19-12-17(21)9-10-18(19)22-14(3)24/h4-13H,1-3H3,(H,22,24)(H,23,25)/b11-6+. The van der Waals surface area contributed by atoms with Crippen LogP contribution in [0.5, 0.6) is 0 Å². The highest BCUT2D eigenvalue weighted by Crippen LogP contribution is 2.26. The van der Waals surface area contributed by atoms with Crippen LogP contribution in [0.15, 0.2) is 48.5 Å². The molecule has 0 aliphatic rings. The molecule has 0 saturated heterocycles. The summed E-state index contributed by atoms with van der Waals surface area (Å²) in [5, 5.41) is 5.86. The van der Waals surface area contributed by atoms with Gasteiger partial charge in [0.05, 0.1) is 11.4 Å². The van der Waals surface area contributed by atoms with Crippen molar-refractivity contribution >= 4 is 40.9 Å². The number of amides is 2. The van der Waals surface area contributed by atoms with Gasteiger partial charge in [-0.05, 0) is 41.3 Å². The van der Waals surface area contributed by atoms with Crippen LogP contribution in [0.4, 0.5) is 11.4 Å². The molecule has 0 unspecified atom stereocenters. The summed E-state index contributed by atoms with van der Waals surface area (Å²) in [6, 6.07) is 12.9. The van der Waals surface area contributed by atoms with Crippen LogP contribution in [0.1, 0.15) is 37.8 Å². The maximum Gasteiger partial charge on any atom is 0.248 e. The minimum absolute atomic E-state index is 0.224. The van der Waals surface area contributed by atoms with Crippen LogP contribution in [-0.2, 0) is 9.59 Å². The van der Waals surface area contributed by atoms with E-state index in [1.807, 2.05) is 24.3 Å². The number of anilines is 2. The number of hydrogen-bond donors (Lipinski definition) is 2. The molecular weight excluding hydrogens is 336 g/mol. The van der Waals surface area contributed by atoms with E-state index < -0.39 is 0 Å². The normalized spacial score (nSPS) is 10.9. The summed E-state index contributed by atoms with van der Waals surface area (Å²) < 4.78 is 0. The van der Waals surface area contributed by atoms with E-state index >= 15 is 0 Å². The first-order valence-electron chi connectivity index (χ1n) is 8.01. The zero-order valence-corrected chi connectivity index (χ0v) is 15.2. The fourth-order valence-corrected chi connectivity index (χ4v) is 2.43. The molecule has 130 valence electrons. The molecule has 2 aromatic carbocycles. The molecule has 2 N–H and O–H groups in total. The molecule has 0 aliphatic heterocycles. The van der Waals surface area contributed by atoms with Gasteiger partial charge in [0.25, 0.3) is 0 Å². The summed E-state index contributed by atoms with van der Waals surface area (Å²) in [6.07, 6.45) is 3.19. The van der Waals surface area contributed by atoms with Gasteiger partial charge in [-0.25, -0.2) is 0 Å². The summed E-state index contributed by atoms with van der Waals surface area (Å²) in [5.41, 5.74) is 3.14. The number of nitrogens with one attached hydrogen (secondary N) is 2. The van der Waals surface area contributed by atoms with E-state index in [0.717, 1.165) is 5.56 Å². The number of halogens is 1. The molecule has 0 heterocycles. The molecule has 0 spiro atoms. The topological polar surface area (TPSA) is 58.2 Å². The van der Waals surface area contributed by atoms with E-state index in [1.54, 1.807) is 24.3 Å². The molecule has 2 rings (SSSR count). The smallest absolute Gasteiger partial charge is 0.248 e. The number of benzene rings is 2. The Hall–Kier alpha value is -2.59. The summed E-state index contributed by atoms with van der Waals surface area (Å²) in [7, 11) is 0. The van der Waals surface area contributed by atoms with Crippen LogP contribution in [0.3, 0.4) is 0 Å². The third kappa shape index (κ3) is 5.76. The number of carbonyl (C=O) groups is 2. The Bertz CT molecular complexity index is 796. The first-order chi connectivity index (χ1) is 11.8. The summed E-state index contributed by atoms with van der Waals surface area (Å²) in [5.74, 6) is -0.0586. The molecule has 0 aliphatic carbocycles. The molecule has 0 bridgehead atoms. The molecule has 0 fully saturated rings. The van der Waals surface area contributed by atoms with Gasteiger partial charge in [0.2, 0.25) is 11.8 Å². The lowest BCUT2D eigenvalue weighted by atomic mass is 10.0. The van der Waals surface area contributed by atoms with Crippen molar-refractivity contribution in [1.82, 2.24) is 0 Å². The minimum atomic E-state index is -0.304. The van der Waals surface area contributed by atoms with E-state index in [0.29, 0.717) is 22.3 Å². The Morgan fingerprint density at radius 2 is 1.68 bits per heavy atom. The Labute approximate surface area is 152 Å². The van der Waals surface area contributed by atoms with Crippen molar-refractivity contribution in [3.8, 4) is 0 Å². The SMILES string of the molecule is CC(=O)Nc1ccc(Cl)cc1NC(=O)/C=C/c1ccc(C(C)C)cc1. The highest BCUT2D eigenvalue weighted by molar-refractivity contribution is 6.31. The van der Waals surface area contributed by atoms with Gasteiger partial charge in [-0.1, -0.05) is 49.7 Å². The van der Waals surface area contributed by atoms with E-state index in [9.17, 15) is 9.59 Å². The lowest BCUT2D eigenvalue weighted by molar-refractivity contribution is -0.114. The fourth-order valence-electron chi connectivity index (χ4n) is 2.26. The number of carbonyl (C=O) groups excluding carboxylic acids is 2. The average Bonchev–Trinajstić information content (AvgIpc) is 2.55. The lowest BCUT2D eigenvalue weighted by Gasteiger charge is -2.10. The van der Waals surface area contributed by atoms with E-state index in [2.05, 4.69) is 24.5 Å². The van der Waals surface area contributed by atoms with Crippen molar-refractivity contribution in [3.63, 3.8) is 0 Å². The molecule has 0 radical (unpaired) electrons. The fraction of sp³-hybridized carbons (Fsp3) is 0.200. The van der Waals surface area contributed by atoms with Crippen molar-refractivity contribution in [3.05, 3.63) is 64.7 Å². The highest BCUT2D eigenvalue weighted by atomic mass is 35.5. The Balaban J connectivity index is 2.09. The van der Waals surface area contributed by atoms with Gasteiger partial charge in [0, 0.05) is 18.0 Å². The second-order valence-corrected chi connectivity index (χ2v) is 6.45. The van der Waals surface area contributed by atoms with Gasteiger partial charge >= 0.3 is 0 Å². The highest BCUT2D eigenvalue weighted by Gasteiger charge is 2.07. The van der Waals surface area contributed by atoms with Crippen molar-refractivity contribution < 1.29 is 9.59 Å². The third-order valence-corrected chi connectivity index (χ3v) is 3.82. The Kier molecular flexibility index (Phi) is 6.37. The van der Waals surface area contributed by atoms with Crippen LogP contribution >= 0.6 is 11.6 Å². The molecule has 0 atom stereocenters. The Morgan fingerprint density at radius 1 is 1.00 bits per heavy atom. The van der Waals surface area contributed by atoms with E-state index in [4.69, 9.17) is 11.6 Å². The van der Waals surface area contributed by atoms with Gasteiger partial charge < -0.3 is 10.6 Å². The predicted octanol–water partition coefficient (Wildman–Crippen LogP) is 5.07. The molecule has 0 saturated carbocycles. The third-order valence-electron chi connectivity index (χ3n) is 3.58. The zero-order chi connectivity index (χ0) is 18.4. The van der Waals surface area contributed by atoms with Gasteiger partial charge in [0.15, 0.2) is 0 Å². The van der Waals surface area contributed by atoms with Crippen LogP contribution < -0.4 is 10.6 Å². The van der Waals surface area contributed by atoms with Crippen molar-refractivity contribution in [2.24, 2.45) is 0 Å². The summed E-state index contributed by atoms with van der Waals surface area (Å²) in [6.45, 7) is 5.67. The lowest BCUT2D eigenvalue weighted by Crippen LogP contribution is -2.13. The van der Waals surface area contributed by atoms with Gasteiger partial charge in [0.1, 0.15) is 0 Å². The second kappa shape index (κ2) is 8.49. The molecule has 0 aromatic heterocycles. The van der Waals surface area contributed by atoms with Crippen molar-refractivity contribution in [2.75, 3.05) is 10.6 Å². The van der Waals surface area contributed by atoms with Crippen LogP contribution in [0.2, 0.25) is 5.02 Å². The molecular formula is C20H21ClN2O2.